The number of rotatable bonds is 5. The molecule has 4 heteroatoms. The predicted octanol–water partition coefficient (Wildman–Crippen LogP) is 3.55. The Labute approximate surface area is 133 Å². The van der Waals surface area contributed by atoms with E-state index < -0.39 is 0 Å². The fourth-order valence-electron chi connectivity index (χ4n) is 2.62. The molecule has 1 aliphatic rings. The molecule has 0 bridgehead atoms. The summed E-state index contributed by atoms with van der Waals surface area (Å²) in [5.41, 5.74) is 2.44. The second-order valence-corrected chi connectivity index (χ2v) is 6.05. The Kier molecular flexibility index (Phi) is 4.46. The molecule has 1 heterocycles. The van der Waals surface area contributed by atoms with Gasteiger partial charge in [-0.05, 0) is 29.8 Å². The Morgan fingerprint density at radius 1 is 1.29 bits per heavy atom. The van der Waals surface area contributed by atoms with Crippen molar-refractivity contribution in [2.24, 2.45) is 0 Å². The van der Waals surface area contributed by atoms with Crippen molar-refractivity contribution in [3.63, 3.8) is 0 Å². The molecular formula is C17H18BrNO2. The van der Waals surface area contributed by atoms with Crippen molar-refractivity contribution in [3.8, 4) is 11.5 Å². The van der Waals surface area contributed by atoms with E-state index in [9.17, 15) is 0 Å². The topological polar surface area (TPSA) is 30.5 Å². The summed E-state index contributed by atoms with van der Waals surface area (Å²) in [6.07, 6.45) is 1.15. The number of nitrogens with one attached hydrogen (secondary N) is 1. The van der Waals surface area contributed by atoms with Crippen LogP contribution in [0.3, 0.4) is 0 Å². The largest absolute Gasteiger partial charge is 0.496 e. The van der Waals surface area contributed by atoms with Gasteiger partial charge < -0.3 is 14.8 Å². The molecule has 0 saturated carbocycles. The lowest BCUT2D eigenvalue weighted by Gasteiger charge is -2.13. The first-order valence-corrected chi connectivity index (χ1v) is 7.83. The molecule has 21 heavy (non-hydrogen) atoms. The molecule has 0 spiro atoms. The molecule has 2 aromatic rings. The van der Waals surface area contributed by atoms with Crippen LogP contribution in [0.1, 0.15) is 11.1 Å². The molecule has 0 saturated heterocycles. The minimum atomic E-state index is 0.198. The molecule has 3 rings (SSSR count). The van der Waals surface area contributed by atoms with E-state index in [1.165, 1.54) is 11.1 Å². The standard InChI is InChI=1S/C17H18BrNO2/c1-20-16-5-3-2-4-12(16)10-19-11-15-9-13-8-14(18)6-7-17(13)21-15/h2-8,15,19H,9-11H2,1H3. The highest BCUT2D eigenvalue weighted by molar-refractivity contribution is 9.10. The lowest BCUT2D eigenvalue weighted by molar-refractivity contribution is 0.227. The third kappa shape index (κ3) is 3.39. The zero-order valence-corrected chi connectivity index (χ0v) is 13.5. The van der Waals surface area contributed by atoms with E-state index in [2.05, 4.69) is 33.4 Å². The molecule has 3 nitrogen and oxygen atoms in total. The van der Waals surface area contributed by atoms with Gasteiger partial charge in [-0.3, -0.25) is 0 Å². The summed E-state index contributed by atoms with van der Waals surface area (Å²) in [5, 5.41) is 3.45. The number of fused-ring (bicyclic) bond motifs is 1. The van der Waals surface area contributed by atoms with Crippen molar-refractivity contribution in [1.82, 2.24) is 5.32 Å². The van der Waals surface area contributed by atoms with Gasteiger partial charge in [0, 0.05) is 29.5 Å². The SMILES string of the molecule is COc1ccccc1CNCC1Cc2cc(Br)ccc2O1. The van der Waals surface area contributed by atoms with Crippen LogP contribution in [0, 0.1) is 0 Å². The summed E-state index contributed by atoms with van der Waals surface area (Å²) in [5.74, 6) is 1.92. The van der Waals surface area contributed by atoms with Crippen LogP contribution in [-0.4, -0.2) is 19.8 Å². The van der Waals surface area contributed by atoms with Crippen LogP contribution < -0.4 is 14.8 Å². The molecular weight excluding hydrogens is 330 g/mol. The van der Waals surface area contributed by atoms with Crippen LogP contribution in [0.5, 0.6) is 11.5 Å². The van der Waals surface area contributed by atoms with Crippen molar-refractivity contribution >= 4 is 15.9 Å². The fraction of sp³-hybridized carbons (Fsp3) is 0.294. The maximum Gasteiger partial charge on any atom is 0.123 e. The predicted molar refractivity (Wildman–Crippen MR) is 87.0 cm³/mol. The molecule has 0 radical (unpaired) electrons. The highest BCUT2D eigenvalue weighted by atomic mass is 79.9. The maximum atomic E-state index is 5.94. The van der Waals surface area contributed by atoms with Gasteiger partial charge in [-0.1, -0.05) is 34.1 Å². The third-order valence-electron chi connectivity index (χ3n) is 3.64. The van der Waals surface area contributed by atoms with Gasteiger partial charge in [0.2, 0.25) is 0 Å². The van der Waals surface area contributed by atoms with Crippen LogP contribution >= 0.6 is 15.9 Å². The Morgan fingerprint density at radius 2 is 2.14 bits per heavy atom. The van der Waals surface area contributed by atoms with Crippen LogP contribution in [0.25, 0.3) is 0 Å². The average molecular weight is 348 g/mol. The van der Waals surface area contributed by atoms with E-state index in [0.717, 1.165) is 35.5 Å². The molecule has 110 valence electrons. The molecule has 1 N–H and O–H groups in total. The third-order valence-corrected chi connectivity index (χ3v) is 4.14. The number of hydrogen-bond donors (Lipinski definition) is 1. The van der Waals surface area contributed by atoms with Gasteiger partial charge in [0.05, 0.1) is 7.11 Å². The van der Waals surface area contributed by atoms with Gasteiger partial charge in [0.1, 0.15) is 17.6 Å². The molecule has 1 aliphatic heterocycles. The number of ether oxygens (including phenoxy) is 2. The Hall–Kier alpha value is -1.52. The number of halogens is 1. The van der Waals surface area contributed by atoms with E-state index in [-0.39, 0.29) is 6.10 Å². The van der Waals surface area contributed by atoms with Crippen molar-refractivity contribution in [2.75, 3.05) is 13.7 Å². The second kappa shape index (κ2) is 6.50. The first kappa shape index (κ1) is 14.4. The van der Waals surface area contributed by atoms with Gasteiger partial charge >= 0.3 is 0 Å². The summed E-state index contributed by atoms with van der Waals surface area (Å²) in [6, 6.07) is 14.2. The van der Waals surface area contributed by atoms with E-state index >= 15 is 0 Å². The molecule has 0 amide bonds. The summed E-state index contributed by atoms with van der Waals surface area (Å²) < 4.78 is 12.4. The van der Waals surface area contributed by atoms with Gasteiger partial charge in [0.15, 0.2) is 0 Å². The number of methoxy groups -OCH3 is 1. The molecule has 0 aromatic heterocycles. The fourth-order valence-corrected chi connectivity index (χ4v) is 3.03. The van der Waals surface area contributed by atoms with E-state index in [0.29, 0.717) is 0 Å². The minimum Gasteiger partial charge on any atom is -0.496 e. The van der Waals surface area contributed by atoms with Crippen molar-refractivity contribution in [1.29, 1.82) is 0 Å². The van der Waals surface area contributed by atoms with Gasteiger partial charge in [-0.2, -0.15) is 0 Å². The maximum absolute atomic E-state index is 5.94. The van der Waals surface area contributed by atoms with Crippen LogP contribution in [0.2, 0.25) is 0 Å². The quantitative estimate of drug-likeness (QED) is 0.897. The number of para-hydroxylation sites is 1. The Balaban J connectivity index is 1.53. The highest BCUT2D eigenvalue weighted by Crippen LogP contribution is 2.31. The molecule has 0 fully saturated rings. The average Bonchev–Trinajstić information content (AvgIpc) is 2.89. The van der Waals surface area contributed by atoms with Crippen molar-refractivity contribution in [3.05, 3.63) is 58.1 Å². The Morgan fingerprint density at radius 3 is 3.00 bits per heavy atom. The number of benzene rings is 2. The van der Waals surface area contributed by atoms with Gasteiger partial charge in [0.25, 0.3) is 0 Å². The highest BCUT2D eigenvalue weighted by Gasteiger charge is 2.22. The van der Waals surface area contributed by atoms with Gasteiger partial charge in [-0.15, -0.1) is 0 Å². The molecule has 1 atom stereocenters. The summed E-state index contributed by atoms with van der Waals surface area (Å²) in [6.45, 7) is 1.61. The zero-order chi connectivity index (χ0) is 14.7. The van der Waals surface area contributed by atoms with Crippen LogP contribution in [0.4, 0.5) is 0 Å². The minimum absolute atomic E-state index is 0.198. The van der Waals surface area contributed by atoms with E-state index in [1.807, 2.05) is 30.3 Å². The first-order chi connectivity index (χ1) is 10.3. The van der Waals surface area contributed by atoms with Gasteiger partial charge in [-0.25, -0.2) is 0 Å². The zero-order valence-electron chi connectivity index (χ0n) is 11.9. The lowest BCUT2D eigenvalue weighted by atomic mass is 10.1. The van der Waals surface area contributed by atoms with E-state index in [1.54, 1.807) is 7.11 Å². The second-order valence-electron chi connectivity index (χ2n) is 5.14. The van der Waals surface area contributed by atoms with Crippen molar-refractivity contribution < 1.29 is 9.47 Å². The molecule has 1 unspecified atom stereocenters. The van der Waals surface area contributed by atoms with Crippen molar-refractivity contribution in [2.45, 2.75) is 19.1 Å². The smallest absolute Gasteiger partial charge is 0.123 e. The summed E-state index contributed by atoms with van der Waals surface area (Å²) in [7, 11) is 1.70. The summed E-state index contributed by atoms with van der Waals surface area (Å²) in [4.78, 5) is 0. The molecule has 0 aliphatic carbocycles. The lowest BCUT2D eigenvalue weighted by Crippen LogP contribution is -2.29. The monoisotopic (exact) mass is 347 g/mol. The van der Waals surface area contributed by atoms with Crippen LogP contribution in [0.15, 0.2) is 46.9 Å². The first-order valence-electron chi connectivity index (χ1n) is 7.04. The van der Waals surface area contributed by atoms with Crippen LogP contribution in [-0.2, 0) is 13.0 Å². The molecule has 2 aromatic carbocycles. The normalized spacial score (nSPS) is 16.4. The Bertz CT molecular complexity index is 630. The number of hydrogen-bond acceptors (Lipinski definition) is 3. The summed E-state index contributed by atoms with van der Waals surface area (Å²) >= 11 is 3.50. The van der Waals surface area contributed by atoms with E-state index in [4.69, 9.17) is 9.47 Å².